The Morgan fingerprint density at radius 1 is 1.14 bits per heavy atom. The van der Waals surface area contributed by atoms with Gasteiger partial charge in [-0.2, -0.15) is 4.31 Å². The molecule has 8 heteroatoms. The van der Waals surface area contributed by atoms with E-state index in [0.717, 1.165) is 25.0 Å². The van der Waals surface area contributed by atoms with Crippen LogP contribution in [0.25, 0.3) is 0 Å². The largest absolute Gasteiger partial charge is 0.497 e. The fourth-order valence-electron chi connectivity index (χ4n) is 3.34. The minimum absolute atomic E-state index is 0.0383. The van der Waals surface area contributed by atoms with Crippen LogP contribution in [0.1, 0.15) is 25.7 Å². The van der Waals surface area contributed by atoms with Crippen LogP contribution in [0.15, 0.2) is 53.4 Å². The van der Waals surface area contributed by atoms with Gasteiger partial charge in [0.2, 0.25) is 15.9 Å². The maximum absolute atomic E-state index is 13.2. The first-order valence-corrected chi connectivity index (χ1v) is 10.6. The van der Waals surface area contributed by atoms with Crippen LogP contribution in [-0.2, 0) is 14.8 Å². The maximum atomic E-state index is 13.2. The average molecular weight is 406 g/mol. The fraction of sp³-hybridized carbons (Fsp3) is 0.350. The number of sulfonamides is 1. The first-order valence-electron chi connectivity index (χ1n) is 9.11. The number of halogens is 1. The number of nitrogens with one attached hydrogen (secondary N) is 1. The number of nitrogens with zero attached hydrogens (tertiary/aromatic N) is 1. The summed E-state index contributed by atoms with van der Waals surface area (Å²) in [6, 6.07) is 11.3. The topological polar surface area (TPSA) is 75.7 Å². The molecular weight excluding hydrogens is 383 g/mol. The van der Waals surface area contributed by atoms with Crippen molar-refractivity contribution in [2.24, 2.45) is 0 Å². The SMILES string of the molecule is COc1ccc(NC(=O)C[C@@H]2CCCCN2S(=O)(=O)c2ccc(F)cc2)cc1. The molecule has 0 unspecified atom stereocenters. The summed E-state index contributed by atoms with van der Waals surface area (Å²) in [5, 5.41) is 2.79. The van der Waals surface area contributed by atoms with Crippen molar-refractivity contribution in [1.29, 1.82) is 0 Å². The zero-order valence-electron chi connectivity index (χ0n) is 15.6. The van der Waals surface area contributed by atoms with Crippen LogP contribution >= 0.6 is 0 Å². The van der Waals surface area contributed by atoms with Gasteiger partial charge in [-0.05, 0) is 61.4 Å². The minimum atomic E-state index is -3.79. The Morgan fingerprint density at radius 2 is 1.82 bits per heavy atom. The second-order valence-corrected chi connectivity index (χ2v) is 8.59. The van der Waals surface area contributed by atoms with Gasteiger partial charge in [-0.1, -0.05) is 6.42 Å². The Balaban J connectivity index is 1.71. The molecule has 1 N–H and O–H groups in total. The molecule has 1 atom stereocenters. The molecule has 0 saturated carbocycles. The van der Waals surface area contributed by atoms with E-state index in [4.69, 9.17) is 4.74 Å². The van der Waals surface area contributed by atoms with Crippen molar-refractivity contribution >= 4 is 21.6 Å². The number of amides is 1. The summed E-state index contributed by atoms with van der Waals surface area (Å²) < 4.78 is 45.6. The monoisotopic (exact) mass is 406 g/mol. The normalized spacial score (nSPS) is 17.9. The molecule has 1 saturated heterocycles. The van der Waals surface area contributed by atoms with E-state index < -0.39 is 21.9 Å². The summed E-state index contributed by atoms with van der Waals surface area (Å²) in [7, 11) is -2.22. The molecule has 0 bridgehead atoms. The van der Waals surface area contributed by atoms with Crippen LogP contribution < -0.4 is 10.1 Å². The number of carbonyl (C=O) groups excluding carboxylic acids is 1. The quantitative estimate of drug-likeness (QED) is 0.798. The lowest BCUT2D eigenvalue weighted by Gasteiger charge is -2.34. The zero-order chi connectivity index (χ0) is 20.1. The summed E-state index contributed by atoms with van der Waals surface area (Å²) in [5.74, 6) is -0.0637. The van der Waals surface area contributed by atoms with Crippen molar-refractivity contribution in [3.63, 3.8) is 0 Å². The first kappa shape index (κ1) is 20.3. The molecule has 3 rings (SSSR count). The summed E-state index contributed by atoms with van der Waals surface area (Å²) in [4.78, 5) is 12.5. The standard InChI is InChI=1S/C20H23FN2O4S/c1-27-18-9-7-16(8-10-18)22-20(24)14-17-4-2-3-13-23(17)28(25,26)19-11-5-15(21)6-12-19/h5-12,17H,2-4,13-14H2,1H3,(H,22,24)/t17-/m0/s1. The van der Waals surface area contributed by atoms with E-state index in [0.29, 0.717) is 24.4 Å². The van der Waals surface area contributed by atoms with Crippen molar-refractivity contribution in [3.05, 3.63) is 54.3 Å². The average Bonchev–Trinajstić information content (AvgIpc) is 2.69. The lowest BCUT2D eigenvalue weighted by atomic mass is 10.0. The highest BCUT2D eigenvalue weighted by molar-refractivity contribution is 7.89. The van der Waals surface area contributed by atoms with Crippen LogP contribution in [0.5, 0.6) is 5.75 Å². The molecule has 28 heavy (non-hydrogen) atoms. The smallest absolute Gasteiger partial charge is 0.243 e. The number of anilines is 1. The number of hydrogen-bond acceptors (Lipinski definition) is 4. The highest BCUT2D eigenvalue weighted by atomic mass is 32.2. The van der Waals surface area contributed by atoms with Gasteiger partial charge in [0.25, 0.3) is 0 Å². The van der Waals surface area contributed by atoms with E-state index in [-0.39, 0.29) is 17.2 Å². The molecule has 2 aromatic rings. The molecular formula is C20H23FN2O4S. The van der Waals surface area contributed by atoms with Crippen LogP contribution in [0.2, 0.25) is 0 Å². The van der Waals surface area contributed by atoms with E-state index in [2.05, 4.69) is 5.32 Å². The molecule has 1 heterocycles. The molecule has 150 valence electrons. The van der Waals surface area contributed by atoms with E-state index in [1.54, 1.807) is 31.4 Å². The first-order chi connectivity index (χ1) is 13.4. The van der Waals surface area contributed by atoms with Crippen molar-refractivity contribution in [2.75, 3.05) is 19.0 Å². The summed E-state index contributed by atoms with van der Waals surface area (Å²) in [6.45, 7) is 0.347. The number of methoxy groups -OCH3 is 1. The maximum Gasteiger partial charge on any atom is 0.243 e. The Labute approximate surface area is 164 Å². The summed E-state index contributed by atoms with van der Waals surface area (Å²) in [5.41, 5.74) is 0.620. The van der Waals surface area contributed by atoms with Gasteiger partial charge in [0.15, 0.2) is 0 Å². The van der Waals surface area contributed by atoms with Gasteiger partial charge in [0.05, 0.1) is 12.0 Å². The van der Waals surface area contributed by atoms with E-state index in [9.17, 15) is 17.6 Å². The summed E-state index contributed by atoms with van der Waals surface area (Å²) in [6.07, 6.45) is 2.26. The number of ether oxygens (including phenoxy) is 1. The van der Waals surface area contributed by atoms with Crippen molar-refractivity contribution < 1.29 is 22.3 Å². The predicted octanol–water partition coefficient (Wildman–Crippen LogP) is 3.41. The van der Waals surface area contributed by atoms with E-state index >= 15 is 0 Å². The molecule has 1 amide bonds. The van der Waals surface area contributed by atoms with Gasteiger partial charge in [-0.3, -0.25) is 4.79 Å². The highest BCUT2D eigenvalue weighted by Gasteiger charge is 2.34. The van der Waals surface area contributed by atoms with Gasteiger partial charge in [-0.15, -0.1) is 0 Å². The second kappa shape index (κ2) is 8.70. The number of rotatable bonds is 6. The third-order valence-electron chi connectivity index (χ3n) is 4.79. The molecule has 1 fully saturated rings. The van der Waals surface area contributed by atoms with Gasteiger partial charge in [0, 0.05) is 24.7 Å². The summed E-state index contributed by atoms with van der Waals surface area (Å²) >= 11 is 0. The van der Waals surface area contributed by atoms with Gasteiger partial charge >= 0.3 is 0 Å². The molecule has 0 aliphatic carbocycles. The number of benzene rings is 2. The van der Waals surface area contributed by atoms with Crippen LogP contribution in [-0.4, -0.2) is 38.3 Å². The highest BCUT2D eigenvalue weighted by Crippen LogP contribution is 2.27. The van der Waals surface area contributed by atoms with Crippen molar-refractivity contribution in [2.45, 2.75) is 36.6 Å². The lowest BCUT2D eigenvalue weighted by Crippen LogP contribution is -2.45. The molecule has 0 radical (unpaired) electrons. The molecule has 0 aromatic heterocycles. The van der Waals surface area contributed by atoms with E-state index in [1.165, 1.54) is 16.4 Å². The van der Waals surface area contributed by atoms with Gasteiger partial charge < -0.3 is 10.1 Å². The van der Waals surface area contributed by atoms with E-state index in [1.807, 2.05) is 0 Å². The molecule has 1 aliphatic heterocycles. The molecule has 1 aliphatic rings. The lowest BCUT2D eigenvalue weighted by molar-refractivity contribution is -0.117. The molecule has 6 nitrogen and oxygen atoms in total. The van der Waals surface area contributed by atoms with Crippen LogP contribution in [0, 0.1) is 5.82 Å². The van der Waals surface area contributed by atoms with Gasteiger partial charge in [0.1, 0.15) is 11.6 Å². The van der Waals surface area contributed by atoms with Crippen molar-refractivity contribution in [1.82, 2.24) is 4.31 Å². The minimum Gasteiger partial charge on any atom is -0.497 e. The Hall–Kier alpha value is -2.45. The van der Waals surface area contributed by atoms with Crippen molar-refractivity contribution in [3.8, 4) is 5.75 Å². The van der Waals surface area contributed by atoms with Crippen LogP contribution in [0.3, 0.4) is 0 Å². The zero-order valence-corrected chi connectivity index (χ0v) is 16.4. The predicted molar refractivity (Wildman–Crippen MR) is 104 cm³/mol. The Kier molecular flexibility index (Phi) is 6.31. The Morgan fingerprint density at radius 3 is 2.46 bits per heavy atom. The van der Waals surface area contributed by atoms with Gasteiger partial charge in [-0.25, -0.2) is 12.8 Å². The Bertz CT molecular complexity index is 914. The number of hydrogen-bond donors (Lipinski definition) is 1. The second-order valence-electron chi connectivity index (χ2n) is 6.70. The fourth-order valence-corrected chi connectivity index (χ4v) is 5.03. The van der Waals surface area contributed by atoms with Crippen LogP contribution in [0.4, 0.5) is 10.1 Å². The number of piperidine rings is 1. The molecule has 0 spiro atoms. The third kappa shape index (κ3) is 4.69. The molecule has 2 aromatic carbocycles. The number of carbonyl (C=O) groups is 1. The third-order valence-corrected chi connectivity index (χ3v) is 6.75.